The van der Waals surface area contributed by atoms with Crippen LogP contribution in [0.1, 0.15) is 32.9 Å². The number of aryl methyl sites for hydroxylation is 2. The minimum absolute atomic E-state index is 0.0888. The van der Waals surface area contributed by atoms with E-state index >= 15 is 0 Å². The first-order valence-corrected chi connectivity index (χ1v) is 10.3. The Labute approximate surface area is 177 Å². The summed E-state index contributed by atoms with van der Waals surface area (Å²) in [6, 6.07) is 18.0. The minimum atomic E-state index is -0.0888. The van der Waals surface area contributed by atoms with Crippen LogP contribution in [-0.4, -0.2) is 47.0 Å². The highest BCUT2D eigenvalue weighted by Crippen LogP contribution is 2.20. The van der Waals surface area contributed by atoms with E-state index < -0.39 is 0 Å². The fraction of sp³-hybridized carbons (Fsp3) is 0.333. The smallest absolute Gasteiger partial charge is 0.276 e. The van der Waals surface area contributed by atoms with Crippen molar-refractivity contribution < 1.29 is 14.1 Å². The molecule has 0 N–H and O–H groups in total. The average Bonchev–Trinajstić information content (AvgIpc) is 3.15. The Balaban J connectivity index is 1.37. The van der Waals surface area contributed by atoms with Crippen molar-refractivity contribution >= 4 is 5.91 Å². The van der Waals surface area contributed by atoms with E-state index in [-0.39, 0.29) is 12.5 Å². The number of hydrogen-bond acceptors (Lipinski definition) is 5. The molecule has 2 heterocycles. The number of nitrogens with zero attached hydrogens (tertiary/aromatic N) is 3. The van der Waals surface area contributed by atoms with Crippen LogP contribution >= 0.6 is 0 Å². The topological polar surface area (TPSA) is 58.8 Å². The second-order valence-electron chi connectivity index (χ2n) is 7.66. The lowest BCUT2D eigenvalue weighted by Gasteiger charge is -2.34. The lowest BCUT2D eigenvalue weighted by atomic mass is 10.1. The summed E-state index contributed by atoms with van der Waals surface area (Å²) in [5.74, 6) is 1.28. The number of benzene rings is 2. The maximum absolute atomic E-state index is 13.1. The van der Waals surface area contributed by atoms with Gasteiger partial charge in [0.2, 0.25) is 0 Å². The van der Waals surface area contributed by atoms with Crippen molar-refractivity contribution in [2.45, 2.75) is 27.0 Å². The Morgan fingerprint density at radius 2 is 1.70 bits per heavy atom. The van der Waals surface area contributed by atoms with Crippen LogP contribution < -0.4 is 4.74 Å². The first-order valence-electron chi connectivity index (χ1n) is 10.3. The van der Waals surface area contributed by atoms with Crippen LogP contribution in [0.4, 0.5) is 0 Å². The number of carbonyl (C=O) groups is 1. The van der Waals surface area contributed by atoms with Gasteiger partial charge in [0.25, 0.3) is 5.91 Å². The van der Waals surface area contributed by atoms with Crippen molar-refractivity contribution in [2.24, 2.45) is 0 Å². The highest BCUT2D eigenvalue weighted by atomic mass is 16.5. The van der Waals surface area contributed by atoms with E-state index in [1.54, 1.807) is 0 Å². The molecule has 0 spiro atoms. The van der Waals surface area contributed by atoms with Crippen molar-refractivity contribution in [1.82, 2.24) is 15.0 Å². The predicted octanol–water partition coefficient (Wildman–Crippen LogP) is 3.83. The van der Waals surface area contributed by atoms with E-state index in [1.165, 1.54) is 11.1 Å². The second kappa shape index (κ2) is 9.13. The number of ether oxygens (including phenoxy) is 1. The molecule has 1 fully saturated rings. The van der Waals surface area contributed by atoms with E-state index in [1.807, 2.05) is 42.2 Å². The summed E-state index contributed by atoms with van der Waals surface area (Å²) in [5.41, 5.74) is 3.71. The van der Waals surface area contributed by atoms with Gasteiger partial charge in [0.15, 0.2) is 5.69 Å². The van der Waals surface area contributed by atoms with Gasteiger partial charge in [-0.2, -0.15) is 0 Å². The van der Waals surface area contributed by atoms with Gasteiger partial charge in [-0.3, -0.25) is 9.69 Å². The van der Waals surface area contributed by atoms with E-state index in [0.717, 1.165) is 25.4 Å². The second-order valence-corrected chi connectivity index (χ2v) is 7.66. The number of hydrogen-bond donors (Lipinski definition) is 0. The van der Waals surface area contributed by atoms with Gasteiger partial charge in [-0.25, -0.2) is 0 Å². The maximum Gasteiger partial charge on any atom is 0.276 e. The highest BCUT2D eigenvalue weighted by Gasteiger charge is 2.28. The number of para-hydroxylation sites is 1. The zero-order valence-electron chi connectivity index (χ0n) is 17.5. The van der Waals surface area contributed by atoms with Crippen molar-refractivity contribution in [3.63, 3.8) is 0 Å². The molecular formula is C24H27N3O3. The molecular weight excluding hydrogens is 378 g/mol. The molecule has 156 valence electrons. The van der Waals surface area contributed by atoms with Crippen LogP contribution in [-0.2, 0) is 13.2 Å². The summed E-state index contributed by atoms with van der Waals surface area (Å²) in [7, 11) is 0. The Morgan fingerprint density at radius 1 is 1.00 bits per heavy atom. The Morgan fingerprint density at radius 3 is 2.43 bits per heavy atom. The Kier molecular flexibility index (Phi) is 6.14. The molecule has 4 rings (SSSR count). The van der Waals surface area contributed by atoms with Crippen molar-refractivity contribution in [2.75, 3.05) is 26.2 Å². The summed E-state index contributed by atoms with van der Waals surface area (Å²) in [6.07, 6.45) is 0. The van der Waals surface area contributed by atoms with Crippen LogP contribution in [0.25, 0.3) is 0 Å². The largest absolute Gasteiger partial charge is 0.489 e. The van der Waals surface area contributed by atoms with Gasteiger partial charge in [-0.15, -0.1) is 0 Å². The fourth-order valence-corrected chi connectivity index (χ4v) is 3.69. The first-order chi connectivity index (χ1) is 14.6. The number of piperazine rings is 1. The number of rotatable bonds is 6. The fourth-order valence-electron chi connectivity index (χ4n) is 3.69. The van der Waals surface area contributed by atoms with Gasteiger partial charge >= 0.3 is 0 Å². The van der Waals surface area contributed by atoms with Crippen molar-refractivity contribution in [3.8, 4) is 5.75 Å². The van der Waals surface area contributed by atoms with Gasteiger partial charge in [-0.05, 0) is 37.1 Å². The third kappa shape index (κ3) is 4.54. The Bertz CT molecular complexity index is 992. The molecule has 1 saturated heterocycles. The lowest BCUT2D eigenvalue weighted by Crippen LogP contribution is -2.48. The molecule has 1 aliphatic rings. The molecule has 30 heavy (non-hydrogen) atoms. The number of amides is 1. The van der Waals surface area contributed by atoms with Gasteiger partial charge in [0.05, 0.1) is 5.56 Å². The lowest BCUT2D eigenvalue weighted by molar-refractivity contribution is 0.0616. The van der Waals surface area contributed by atoms with E-state index in [0.29, 0.717) is 30.1 Å². The predicted molar refractivity (Wildman–Crippen MR) is 114 cm³/mol. The summed E-state index contributed by atoms with van der Waals surface area (Å²) in [6.45, 7) is 8.15. The number of aromatic nitrogens is 1. The summed E-state index contributed by atoms with van der Waals surface area (Å²) in [4.78, 5) is 17.3. The first kappa shape index (κ1) is 20.2. The van der Waals surface area contributed by atoms with Crippen LogP contribution in [0.15, 0.2) is 59.1 Å². The molecule has 0 bridgehead atoms. The third-order valence-electron chi connectivity index (χ3n) is 5.63. The molecule has 0 saturated carbocycles. The molecule has 2 aromatic carbocycles. The number of carbonyl (C=O) groups excluding carboxylic acids is 1. The van der Waals surface area contributed by atoms with E-state index in [2.05, 4.69) is 41.2 Å². The standard InChI is InChI=1S/C24H27N3O3/c1-18-8-6-7-9-20(18)16-26-12-14-27(15-13-26)24(28)23-22(19(2)30-25-23)17-29-21-10-4-3-5-11-21/h3-11H,12-17H2,1-2H3. The van der Waals surface area contributed by atoms with Crippen molar-refractivity contribution in [3.05, 3.63) is 82.7 Å². The molecule has 0 atom stereocenters. The highest BCUT2D eigenvalue weighted by molar-refractivity contribution is 5.93. The molecule has 0 radical (unpaired) electrons. The molecule has 0 aliphatic carbocycles. The summed E-state index contributed by atoms with van der Waals surface area (Å²) < 4.78 is 11.1. The zero-order chi connectivity index (χ0) is 20.9. The average molecular weight is 405 g/mol. The monoisotopic (exact) mass is 405 g/mol. The normalized spacial score (nSPS) is 14.7. The molecule has 1 amide bonds. The van der Waals surface area contributed by atoms with Gasteiger partial charge in [0, 0.05) is 32.7 Å². The minimum Gasteiger partial charge on any atom is -0.489 e. The Hall–Kier alpha value is -3.12. The van der Waals surface area contributed by atoms with Crippen LogP contribution in [0, 0.1) is 13.8 Å². The van der Waals surface area contributed by atoms with Gasteiger partial charge in [0.1, 0.15) is 18.1 Å². The quantitative estimate of drug-likeness (QED) is 0.624. The molecule has 6 heteroatoms. The SMILES string of the molecule is Cc1ccccc1CN1CCN(C(=O)c2noc(C)c2COc2ccccc2)CC1. The molecule has 1 aliphatic heterocycles. The molecule has 6 nitrogen and oxygen atoms in total. The molecule has 0 unspecified atom stereocenters. The van der Waals surface area contributed by atoms with Crippen molar-refractivity contribution in [1.29, 1.82) is 0 Å². The van der Waals surface area contributed by atoms with Crippen LogP contribution in [0.3, 0.4) is 0 Å². The molecule has 1 aromatic heterocycles. The van der Waals surface area contributed by atoms with E-state index in [9.17, 15) is 4.79 Å². The summed E-state index contributed by atoms with van der Waals surface area (Å²) >= 11 is 0. The molecule has 3 aromatic rings. The van der Waals surface area contributed by atoms with Crippen LogP contribution in [0.5, 0.6) is 5.75 Å². The third-order valence-corrected chi connectivity index (χ3v) is 5.63. The van der Waals surface area contributed by atoms with Gasteiger partial charge in [-0.1, -0.05) is 47.6 Å². The maximum atomic E-state index is 13.1. The van der Waals surface area contributed by atoms with Crippen LogP contribution in [0.2, 0.25) is 0 Å². The zero-order valence-corrected chi connectivity index (χ0v) is 17.5. The van der Waals surface area contributed by atoms with E-state index in [4.69, 9.17) is 9.26 Å². The van der Waals surface area contributed by atoms with Gasteiger partial charge < -0.3 is 14.2 Å². The summed E-state index contributed by atoms with van der Waals surface area (Å²) in [5, 5.41) is 4.04.